The summed E-state index contributed by atoms with van der Waals surface area (Å²) < 4.78 is 2.05. The van der Waals surface area contributed by atoms with E-state index in [0.717, 1.165) is 10.0 Å². The van der Waals surface area contributed by atoms with Gasteiger partial charge in [-0.25, -0.2) is 4.68 Å². The van der Waals surface area contributed by atoms with Crippen LogP contribution < -0.4 is 5.56 Å². The van der Waals surface area contributed by atoms with Gasteiger partial charge in [0, 0.05) is 26.7 Å². The lowest BCUT2D eigenvalue weighted by Crippen LogP contribution is -2.26. The minimum Gasteiger partial charge on any atom is -0.292 e. The molecule has 0 saturated carbocycles. The van der Waals surface area contributed by atoms with Crippen LogP contribution in [-0.2, 0) is 6.54 Å². The minimum absolute atomic E-state index is 0.116. The van der Waals surface area contributed by atoms with Gasteiger partial charge in [-0.3, -0.25) is 9.59 Å². The summed E-state index contributed by atoms with van der Waals surface area (Å²) in [6.07, 6.45) is 0. The van der Waals surface area contributed by atoms with Gasteiger partial charge < -0.3 is 0 Å². The maximum atomic E-state index is 12.3. The number of carbonyl (C=O) groups excluding carboxylic acids is 1. The molecular weight excluding hydrogens is 392 g/mol. The lowest BCUT2D eigenvalue weighted by atomic mass is 10.1. The molecule has 0 fully saturated rings. The average molecular weight is 404 g/mol. The number of rotatable bonds is 4. The highest BCUT2D eigenvalue weighted by Gasteiger charge is 2.10. The molecule has 2 aromatic carbocycles. The molecule has 0 bridgehead atoms. The fourth-order valence-electron chi connectivity index (χ4n) is 2.23. The summed E-state index contributed by atoms with van der Waals surface area (Å²) in [7, 11) is 0. The minimum atomic E-state index is -0.328. The molecule has 0 atom stereocenters. The van der Waals surface area contributed by atoms with Crippen LogP contribution in [0.15, 0.2) is 69.9 Å². The second-order valence-corrected chi connectivity index (χ2v) is 6.51. The molecule has 6 heteroatoms. The average Bonchev–Trinajstić information content (AvgIpc) is 2.57. The number of carbonyl (C=O) groups is 1. The summed E-state index contributed by atoms with van der Waals surface area (Å²) in [5.74, 6) is -0.180. The molecule has 0 radical (unpaired) electrons. The first-order valence-electron chi connectivity index (χ1n) is 7.16. The van der Waals surface area contributed by atoms with Gasteiger partial charge in [0.2, 0.25) is 0 Å². The van der Waals surface area contributed by atoms with Crippen LogP contribution in [0.4, 0.5) is 0 Å². The molecule has 3 rings (SSSR count). The first-order chi connectivity index (χ1) is 11.5. The number of ketones is 1. The zero-order valence-corrected chi connectivity index (χ0v) is 14.8. The summed E-state index contributed by atoms with van der Waals surface area (Å²) in [6.45, 7) is -0.116. The second-order valence-electron chi connectivity index (χ2n) is 5.15. The van der Waals surface area contributed by atoms with Crippen LogP contribution in [-0.4, -0.2) is 15.6 Å². The summed E-state index contributed by atoms with van der Waals surface area (Å²) in [4.78, 5) is 24.3. The van der Waals surface area contributed by atoms with E-state index < -0.39 is 0 Å². The molecule has 0 saturated heterocycles. The molecule has 4 nitrogen and oxygen atoms in total. The SMILES string of the molecule is O=C(Cn1nc(-c2cccc(Cl)c2)ccc1=O)c1ccc(Br)cc1. The molecule has 0 N–H and O–H groups in total. The molecular formula is C18H12BrClN2O2. The highest BCUT2D eigenvalue weighted by atomic mass is 79.9. The third kappa shape index (κ3) is 3.80. The molecule has 3 aromatic rings. The van der Waals surface area contributed by atoms with E-state index in [1.807, 2.05) is 12.1 Å². The van der Waals surface area contributed by atoms with E-state index in [9.17, 15) is 9.59 Å². The van der Waals surface area contributed by atoms with Crippen molar-refractivity contribution in [3.63, 3.8) is 0 Å². The van der Waals surface area contributed by atoms with Crippen molar-refractivity contribution >= 4 is 33.3 Å². The Labute approximate surface area is 151 Å². The van der Waals surface area contributed by atoms with Crippen LogP contribution in [0.5, 0.6) is 0 Å². The topological polar surface area (TPSA) is 52.0 Å². The molecule has 120 valence electrons. The molecule has 1 aromatic heterocycles. The van der Waals surface area contributed by atoms with Gasteiger partial charge in [-0.1, -0.05) is 51.8 Å². The van der Waals surface area contributed by atoms with Gasteiger partial charge in [0.05, 0.1) is 5.69 Å². The molecule has 0 aliphatic carbocycles. The maximum absolute atomic E-state index is 12.3. The standard InChI is InChI=1S/C18H12BrClN2O2/c19-14-6-4-12(5-7-14)17(23)11-22-18(24)9-8-16(21-22)13-2-1-3-15(20)10-13/h1-10H,11H2. The number of halogens is 2. The van der Waals surface area contributed by atoms with Crippen LogP contribution >= 0.6 is 27.5 Å². The van der Waals surface area contributed by atoms with Crippen molar-refractivity contribution in [2.24, 2.45) is 0 Å². The van der Waals surface area contributed by atoms with E-state index in [-0.39, 0.29) is 17.9 Å². The Morgan fingerprint density at radius 2 is 1.83 bits per heavy atom. The van der Waals surface area contributed by atoms with E-state index >= 15 is 0 Å². The van der Waals surface area contributed by atoms with Gasteiger partial charge in [-0.2, -0.15) is 5.10 Å². The Hall–Kier alpha value is -2.24. The summed E-state index contributed by atoms with van der Waals surface area (Å²) in [5, 5.41) is 4.86. The molecule has 0 unspecified atom stereocenters. The first kappa shape index (κ1) is 16.6. The van der Waals surface area contributed by atoms with Gasteiger partial charge in [-0.15, -0.1) is 0 Å². The van der Waals surface area contributed by atoms with E-state index in [1.165, 1.54) is 10.7 Å². The third-order valence-corrected chi connectivity index (χ3v) is 4.21. The Bertz CT molecular complexity index is 952. The Morgan fingerprint density at radius 3 is 2.54 bits per heavy atom. The molecule has 0 aliphatic heterocycles. The molecule has 24 heavy (non-hydrogen) atoms. The van der Waals surface area contributed by atoms with Gasteiger partial charge in [0.15, 0.2) is 5.78 Å². The van der Waals surface area contributed by atoms with E-state index in [0.29, 0.717) is 16.3 Å². The van der Waals surface area contributed by atoms with Crippen LogP contribution in [0.3, 0.4) is 0 Å². The van der Waals surface area contributed by atoms with Crippen molar-refractivity contribution in [3.05, 3.63) is 86.1 Å². The van der Waals surface area contributed by atoms with Crippen molar-refractivity contribution in [2.75, 3.05) is 0 Å². The Balaban J connectivity index is 1.91. The Morgan fingerprint density at radius 1 is 1.08 bits per heavy atom. The van der Waals surface area contributed by atoms with Gasteiger partial charge >= 0.3 is 0 Å². The maximum Gasteiger partial charge on any atom is 0.267 e. The van der Waals surface area contributed by atoms with Gasteiger partial charge in [0.1, 0.15) is 6.54 Å². The quantitative estimate of drug-likeness (QED) is 0.613. The Kier molecular flexibility index (Phi) is 4.92. The largest absolute Gasteiger partial charge is 0.292 e. The zero-order valence-electron chi connectivity index (χ0n) is 12.4. The lowest BCUT2D eigenvalue weighted by Gasteiger charge is -2.07. The molecule has 0 spiro atoms. The fourth-order valence-corrected chi connectivity index (χ4v) is 2.68. The summed E-state index contributed by atoms with van der Waals surface area (Å²) >= 11 is 9.31. The van der Waals surface area contributed by atoms with Crippen molar-refractivity contribution in [1.82, 2.24) is 9.78 Å². The van der Waals surface area contributed by atoms with Crippen LogP contribution in [0.1, 0.15) is 10.4 Å². The summed E-state index contributed by atoms with van der Waals surface area (Å²) in [5.41, 5.74) is 1.57. The molecule has 0 aliphatic rings. The van der Waals surface area contributed by atoms with Crippen LogP contribution in [0.2, 0.25) is 5.02 Å². The summed E-state index contributed by atoms with van der Waals surface area (Å²) in [6, 6.07) is 17.2. The predicted molar refractivity (Wildman–Crippen MR) is 97.4 cm³/mol. The van der Waals surface area contributed by atoms with Gasteiger partial charge in [0.25, 0.3) is 5.56 Å². The number of hydrogen-bond acceptors (Lipinski definition) is 3. The van der Waals surface area contributed by atoms with Crippen LogP contribution in [0.25, 0.3) is 11.3 Å². The fraction of sp³-hybridized carbons (Fsp3) is 0.0556. The predicted octanol–water partition coefficient (Wildman–Crippen LogP) is 4.21. The molecule has 0 amide bonds. The molecule has 1 heterocycles. The van der Waals surface area contributed by atoms with E-state index in [1.54, 1.807) is 42.5 Å². The second kappa shape index (κ2) is 7.11. The number of Topliss-reactive ketones (excluding diaryl/α,β-unsaturated/α-hetero) is 1. The monoisotopic (exact) mass is 402 g/mol. The first-order valence-corrected chi connectivity index (χ1v) is 8.33. The smallest absolute Gasteiger partial charge is 0.267 e. The van der Waals surface area contributed by atoms with E-state index in [2.05, 4.69) is 21.0 Å². The third-order valence-electron chi connectivity index (χ3n) is 3.45. The van der Waals surface area contributed by atoms with Crippen LogP contribution in [0, 0.1) is 0 Å². The van der Waals surface area contributed by atoms with Gasteiger partial charge in [-0.05, 0) is 30.3 Å². The zero-order chi connectivity index (χ0) is 17.1. The number of aromatic nitrogens is 2. The highest BCUT2D eigenvalue weighted by Crippen LogP contribution is 2.19. The highest BCUT2D eigenvalue weighted by molar-refractivity contribution is 9.10. The van der Waals surface area contributed by atoms with Crippen molar-refractivity contribution in [3.8, 4) is 11.3 Å². The lowest BCUT2D eigenvalue weighted by molar-refractivity contribution is 0.0966. The number of hydrogen-bond donors (Lipinski definition) is 0. The van der Waals surface area contributed by atoms with Crippen molar-refractivity contribution in [1.29, 1.82) is 0 Å². The number of benzene rings is 2. The number of nitrogens with zero attached hydrogens (tertiary/aromatic N) is 2. The van der Waals surface area contributed by atoms with Crippen molar-refractivity contribution < 1.29 is 4.79 Å². The normalized spacial score (nSPS) is 10.6. The van der Waals surface area contributed by atoms with Crippen molar-refractivity contribution in [2.45, 2.75) is 6.54 Å². The van der Waals surface area contributed by atoms with E-state index in [4.69, 9.17) is 11.6 Å².